The minimum atomic E-state index is -0.464. The number of ether oxygens (including phenoxy) is 1. The standard InChI is InChI=1S/C17H24Cl2N2O2/c1-17(2,3)23-16(22)21-8-4-5-14(11-21)20-10-12-6-7-13(18)9-15(12)19/h6-7,9,14,20H,4-5,8,10-11H2,1-3H3. The van der Waals surface area contributed by atoms with Gasteiger partial charge >= 0.3 is 6.09 Å². The second-order valence-corrected chi connectivity index (χ2v) is 7.73. The van der Waals surface area contributed by atoms with Crippen LogP contribution in [0.5, 0.6) is 0 Å². The summed E-state index contributed by atoms with van der Waals surface area (Å²) in [5.74, 6) is 0. The number of piperidine rings is 1. The third kappa shape index (κ3) is 5.87. The quantitative estimate of drug-likeness (QED) is 0.865. The number of hydrogen-bond acceptors (Lipinski definition) is 3. The molecule has 0 radical (unpaired) electrons. The van der Waals surface area contributed by atoms with Crippen LogP contribution in [0.3, 0.4) is 0 Å². The number of nitrogens with zero attached hydrogens (tertiary/aromatic N) is 1. The highest BCUT2D eigenvalue weighted by Crippen LogP contribution is 2.21. The van der Waals surface area contributed by atoms with Gasteiger partial charge in [-0.3, -0.25) is 0 Å². The van der Waals surface area contributed by atoms with Gasteiger partial charge in [-0.25, -0.2) is 4.79 Å². The lowest BCUT2D eigenvalue weighted by atomic mass is 10.1. The molecule has 0 aliphatic carbocycles. The Hall–Kier alpha value is -0.970. The number of halogens is 2. The lowest BCUT2D eigenvalue weighted by Gasteiger charge is -2.34. The molecule has 1 aliphatic heterocycles. The second kappa shape index (κ2) is 7.73. The van der Waals surface area contributed by atoms with E-state index in [4.69, 9.17) is 27.9 Å². The van der Waals surface area contributed by atoms with Crippen molar-refractivity contribution in [1.29, 1.82) is 0 Å². The fraction of sp³-hybridized carbons (Fsp3) is 0.588. The third-order valence-corrected chi connectivity index (χ3v) is 4.26. The first kappa shape index (κ1) is 18.4. The van der Waals surface area contributed by atoms with Crippen molar-refractivity contribution in [2.75, 3.05) is 13.1 Å². The first-order valence-corrected chi connectivity index (χ1v) is 8.65. The Morgan fingerprint density at radius 1 is 1.39 bits per heavy atom. The van der Waals surface area contributed by atoms with Gasteiger partial charge in [0.15, 0.2) is 0 Å². The summed E-state index contributed by atoms with van der Waals surface area (Å²) >= 11 is 12.1. The van der Waals surface area contributed by atoms with Crippen LogP contribution in [0.25, 0.3) is 0 Å². The molecule has 0 aromatic heterocycles. The molecule has 1 aromatic carbocycles. The van der Waals surface area contributed by atoms with Crippen molar-refractivity contribution in [3.63, 3.8) is 0 Å². The van der Waals surface area contributed by atoms with E-state index in [2.05, 4.69) is 5.32 Å². The summed E-state index contributed by atoms with van der Waals surface area (Å²) in [6.07, 6.45) is 1.75. The Morgan fingerprint density at radius 3 is 2.78 bits per heavy atom. The van der Waals surface area contributed by atoms with Crippen LogP contribution in [0.2, 0.25) is 10.0 Å². The first-order chi connectivity index (χ1) is 10.7. The van der Waals surface area contributed by atoms with E-state index in [-0.39, 0.29) is 12.1 Å². The summed E-state index contributed by atoms with van der Waals surface area (Å²) < 4.78 is 5.44. The van der Waals surface area contributed by atoms with Crippen LogP contribution >= 0.6 is 23.2 Å². The van der Waals surface area contributed by atoms with E-state index >= 15 is 0 Å². The average molecular weight is 359 g/mol. The Balaban J connectivity index is 1.87. The summed E-state index contributed by atoms with van der Waals surface area (Å²) in [6, 6.07) is 5.74. The highest BCUT2D eigenvalue weighted by molar-refractivity contribution is 6.35. The molecule has 1 aromatic rings. The van der Waals surface area contributed by atoms with Crippen LogP contribution in [0.15, 0.2) is 18.2 Å². The number of benzene rings is 1. The van der Waals surface area contributed by atoms with Crippen LogP contribution in [0, 0.1) is 0 Å². The maximum absolute atomic E-state index is 12.2. The highest BCUT2D eigenvalue weighted by Gasteiger charge is 2.27. The number of carbonyl (C=O) groups is 1. The van der Waals surface area contributed by atoms with E-state index in [1.165, 1.54) is 0 Å². The molecule has 1 unspecified atom stereocenters. The molecule has 23 heavy (non-hydrogen) atoms. The normalized spacial score (nSPS) is 18.8. The van der Waals surface area contributed by atoms with Gasteiger partial charge in [-0.2, -0.15) is 0 Å². The van der Waals surface area contributed by atoms with Crippen LogP contribution in [-0.2, 0) is 11.3 Å². The van der Waals surface area contributed by atoms with Gasteiger partial charge in [0, 0.05) is 35.7 Å². The Bertz CT molecular complexity index is 558. The van der Waals surface area contributed by atoms with Gasteiger partial charge in [0.25, 0.3) is 0 Å². The summed E-state index contributed by atoms with van der Waals surface area (Å²) in [5.41, 5.74) is 0.541. The molecular weight excluding hydrogens is 335 g/mol. The lowest BCUT2D eigenvalue weighted by Crippen LogP contribution is -2.49. The van der Waals surface area contributed by atoms with E-state index in [0.29, 0.717) is 23.1 Å². The molecule has 1 atom stereocenters. The molecule has 1 amide bonds. The Morgan fingerprint density at radius 2 is 2.13 bits per heavy atom. The van der Waals surface area contributed by atoms with Crippen molar-refractivity contribution in [2.45, 2.75) is 51.8 Å². The van der Waals surface area contributed by atoms with Gasteiger partial charge in [-0.1, -0.05) is 29.3 Å². The van der Waals surface area contributed by atoms with E-state index in [0.717, 1.165) is 24.9 Å². The molecule has 0 bridgehead atoms. The van der Waals surface area contributed by atoms with E-state index < -0.39 is 5.60 Å². The van der Waals surface area contributed by atoms with E-state index in [9.17, 15) is 4.79 Å². The lowest BCUT2D eigenvalue weighted by molar-refractivity contribution is 0.0187. The Kier molecular flexibility index (Phi) is 6.18. The molecule has 0 saturated carbocycles. The van der Waals surface area contributed by atoms with Crippen LogP contribution < -0.4 is 5.32 Å². The van der Waals surface area contributed by atoms with Crippen LogP contribution in [-0.4, -0.2) is 35.7 Å². The molecule has 4 nitrogen and oxygen atoms in total. The highest BCUT2D eigenvalue weighted by atomic mass is 35.5. The molecule has 2 rings (SSSR count). The largest absolute Gasteiger partial charge is 0.444 e. The zero-order chi connectivity index (χ0) is 17.0. The van der Waals surface area contributed by atoms with Crippen molar-refractivity contribution < 1.29 is 9.53 Å². The summed E-state index contributed by atoms with van der Waals surface area (Å²) in [7, 11) is 0. The number of amides is 1. The fourth-order valence-electron chi connectivity index (χ4n) is 2.56. The zero-order valence-electron chi connectivity index (χ0n) is 13.9. The number of likely N-dealkylation sites (tertiary alicyclic amines) is 1. The third-order valence-electron chi connectivity index (χ3n) is 3.67. The molecular formula is C17H24Cl2N2O2. The topological polar surface area (TPSA) is 41.6 Å². The maximum atomic E-state index is 12.2. The molecule has 6 heteroatoms. The van der Waals surface area contributed by atoms with Crippen molar-refractivity contribution in [2.24, 2.45) is 0 Å². The molecule has 1 heterocycles. The second-order valence-electron chi connectivity index (χ2n) is 6.88. The van der Waals surface area contributed by atoms with Crippen molar-refractivity contribution in [1.82, 2.24) is 10.2 Å². The summed E-state index contributed by atoms with van der Waals surface area (Å²) in [6.45, 7) is 7.70. The minimum absolute atomic E-state index is 0.239. The molecule has 128 valence electrons. The van der Waals surface area contributed by atoms with Crippen LogP contribution in [0.4, 0.5) is 4.79 Å². The van der Waals surface area contributed by atoms with Gasteiger partial charge in [0.2, 0.25) is 0 Å². The van der Waals surface area contributed by atoms with Gasteiger partial charge in [0.05, 0.1) is 0 Å². The Labute approximate surface area is 148 Å². The summed E-state index contributed by atoms with van der Waals surface area (Å²) in [5, 5.41) is 4.76. The van der Waals surface area contributed by atoms with Crippen molar-refractivity contribution in [3.05, 3.63) is 33.8 Å². The average Bonchev–Trinajstić information content (AvgIpc) is 2.45. The molecule has 1 fully saturated rings. The molecule has 1 saturated heterocycles. The van der Waals surface area contributed by atoms with Gasteiger partial charge < -0.3 is 15.0 Å². The smallest absolute Gasteiger partial charge is 0.410 e. The summed E-state index contributed by atoms with van der Waals surface area (Å²) in [4.78, 5) is 13.9. The predicted octanol–water partition coefficient (Wildman–Crippen LogP) is 4.48. The molecule has 1 N–H and O–H groups in total. The SMILES string of the molecule is CC(C)(C)OC(=O)N1CCCC(NCc2ccc(Cl)cc2Cl)C1. The van der Waals surface area contributed by atoms with Crippen molar-refractivity contribution in [3.8, 4) is 0 Å². The van der Waals surface area contributed by atoms with E-state index in [1.54, 1.807) is 11.0 Å². The van der Waals surface area contributed by atoms with Crippen molar-refractivity contribution >= 4 is 29.3 Å². The monoisotopic (exact) mass is 358 g/mol. The van der Waals surface area contributed by atoms with Gasteiger partial charge in [0.1, 0.15) is 5.60 Å². The number of carbonyl (C=O) groups excluding carboxylic acids is 1. The van der Waals surface area contributed by atoms with Crippen LogP contribution in [0.1, 0.15) is 39.2 Å². The maximum Gasteiger partial charge on any atom is 0.410 e. The zero-order valence-corrected chi connectivity index (χ0v) is 15.4. The van der Waals surface area contributed by atoms with E-state index in [1.807, 2.05) is 32.9 Å². The van der Waals surface area contributed by atoms with Gasteiger partial charge in [-0.15, -0.1) is 0 Å². The number of hydrogen-bond donors (Lipinski definition) is 1. The predicted molar refractivity (Wildman–Crippen MR) is 94.1 cm³/mol. The number of rotatable bonds is 3. The molecule has 0 spiro atoms. The molecule has 1 aliphatic rings. The van der Waals surface area contributed by atoms with Gasteiger partial charge in [-0.05, 0) is 51.3 Å². The minimum Gasteiger partial charge on any atom is -0.444 e. The first-order valence-electron chi connectivity index (χ1n) is 7.90. The number of nitrogens with one attached hydrogen (secondary N) is 1. The fourth-order valence-corrected chi connectivity index (χ4v) is 3.03.